The number of carbonyl (C=O) groups is 4. The van der Waals surface area contributed by atoms with Gasteiger partial charge in [-0.3, -0.25) is 29.9 Å². The quantitative estimate of drug-likeness (QED) is 0.0225. The Morgan fingerprint density at radius 2 is 0.890 bits per heavy atom. The molecule has 3 N–H and O–H groups in total. The fraction of sp³-hybridized carbons (Fsp3) is 0.333. The third kappa shape index (κ3) is 17.1. The van der Waals surface area contributed by atoms with Gasteiger partial charge in [0.15, 0.2) is 0 Å². The summed E-state index contributed by atoms with van der Waals surface area (Å²) in [6, 6.07) is 54.2. The van der Waals surface area contributed by atoms with Crippen LogP contribution in [-0.2, 0) is 33.4 Å². The Balaban J connectivity index is 0.000000194. The average molecular weight is 1260 g/mol. The average Bonchev–Trinajstić information content (AvgIpc) is 1.16. The zero-order valence-electron chi connectivity index (χ0n) is 52.7. The van der Waals surface area contributed by atoms with E-state index in [9.17, 15) is 44.5 Å². The molecular formula is C72H79ClN6O12. The van der Waals surface area contributed by atoms with E-state index in [1.165, 1.54) is 66.8 Å². The summed E-state index contributed by atoms with van der Waals surface area (Å²) in [7, 11) is 2.49. The van der Waals surface area contributed by atoms with Crippen LogP contribution in [0.1, 0.15) is 124 Å². The highest BCUT2D eigenvalue weighted by molar-refractivity contribution is 6.68. The first kappa shape index (κ1) is 67.9. The van der Waals surface area contributed by atoms with Crippen LogP contribution in [0.5, 0.6) is 0 Å². The standard InChI is InChI=1S/C36H39N3O6.C20H25NO.C16H15ClN2O5/c1-24-31(34(40)44-4)33(28-16-11-17-29(22-28)39(42)43)32(25(2)37-24)35(41)45-36(3)19-21-38(23-36)20-18-30(26-12-7-5-8-13-26)27-14-9-6-10-15-27;1-20(22)13-15-21(16-20)14-12-19(17-8-4-2-5-9-17)18-10-6-3-7-11-18;1-8-12(15(17)20)14(13(9(2)18-8)16(21)24-3)10-5-4-6-11(7-10)19(22)23/h5-17,22,30,33,37H,18-21,23H2,1-4H3;2-11,19,22H,12-16H2,1H3;4-7,14,18H,1-3H3. The number of hydrogen-bond acceptors (Lipinski definition) is 16. The molecule has 0 saturated carbocycles. The molecule has 2 fully saturated rings. The van der Waals surface area contributed by atoms with Gasteiger partial charge in [-0.1, -0.05) is 146 Å². The number of methoxy groups -OCH3 is 2. The first-order valence-electron chi connectivity index (χ1n) is 30.3. The highest BCUT2D eigenvalue weighted by Crippen LogP contribution is 2.43. The number of β-amino-alcohol motifs (C(OH)–C–C–N with tert-alkyl or cyclic N) is 1. The van der Waals surface area contributed by atoms with Crippen molar-refractivity contribution in [2.45, 2.75) is 102 Å². The molecule has 18 nitrogen and oxygen atoms in total. The Kier molecular flexibility index (Phi) is 22.8. The lowest BCUT2D eigenvalue weighted by Gasteiger charge is -2.33. The van der Waals surface area contributed by atoms with E-state index in [-0.39, 0.29) is 39.6 Å². The summed E-state index contributed by atoms with van der Waals surface area (Å²) in [5, 5.41) is 38.1. The van der Waals surface area contributed by atoms with Crippen LogP contribution in [0.25, 0.3) is 0 Å². The van der Waals surface area contributed by atoms with Gasteiger partial charge >= 0.3 is 17.9 Å². The molecule has 4 heterocycles. The third-order valence-corrected chi connectivity index (χ3v) is 17.5. The number of esters is 3. The highest BCUT2D eigenvalue weighted by Gasteiger charge is 2.44. The SMILES string of the molecule is CC1(O)CCN(CCC(c2ccccc2)c2ccccc2)C1.COC(=O)C1=C(C)NC(C)=C(C(=O)Cl)C1c1cccc([N+](=O)[O-])c1.COC(=O)C1=C(C)NC(C)=C(C(=O)OC2(C)CCN(CCC(c3ccccc3)c3ccccc3)C2)C1c1cccc([N+](=O)[O-])c1. The van der Waals surface area contributed by atoms with Crippen LogP contribution in [0.2, 0.25) is 0 Å². The Morgan fingerprint density at radius 3 is 1.24 bits per heavy atom. The van der Waals surface area contributed by atoms with E-state index in [4.69, 9.17) is 25.8 Å². The van der Waals surface area contributed by atoms with E-state index in [0.717, 1.165) is 52.0 Å². The minimum absolute atomic E-state index is 0.138. The second-order valence-corrected chi connectivity index (χ2v) is 24.3. The van der Waals surface area contributed by atoms with Crippen molar-refractivity contribution in [3.63, 3.8) is 0 Å². The molecule has 19 heteroatoms. The maximum absolute atomic E-state index is 14.0. The van der Waals surface area contributed by atoms with Crippen molar-refractivity contribution in [1.82, 2.24) is 20.4 Å². The van der Waals surface area contributed by atoms with E-state index in [1.807, 2.05) is 26.0 Å². The molecule has 6 aromatic rings. The molecule has 4 atom stereocenters. The number of likely N-dealkylation sites (tertiary alicyclic amines) is 2. The van der Waals surface area contributed by atoms with Gasteiger partial charge in [-0.05, 0) is 119 Å². The van der Waals surface area contributed by atoms with Gasteiger partial charge < -0.3 is 34.9 Å². The van der Waals surface area contributed by atoms with Crippen molar-refractivity contribution >= 4 is 46.1 Å². The molecule has 0 radical (unpaired) electrons. The predicted octanol–water partition coefficient (Wildman–Crippen LogP) is 12.7. The Hall–Kier alpha value is -9.07. The molecular weight excluding hydrogens is 1180 g/mol. The molecule has 0 aliphatic carbocycles. The summed E-state index contributed by atoms with van der Waals surface area (Å²) in [6.07, 6.45) is 3.53. The van der Waals surface area contributed by atoms with Crippen LogP contribution in [0.3, 0.4) is 0 Å². The summed E-state index contributed by atoms with van der Waals surface area (Å²) in [6.45, 7) is 15.7. The van der Waals surface area contributed by atoms with Crippen molar-refractivity contribution in [3.8, 4) is 0 Å². The molecule has 2 saturated heterocycles. The van der Waals surface area contributed by atoms with Crippen molar-refractivity contribution in [3.05, 3.63) is 269 Å². The summed E-state index contributed by atoms with van der Waals surface area (Å²) in [4.78, 5) is 77.5. The van der Waals surface area contributed by atoms with Crippen LogP contribution < -0.4 is 10.6 Å². The molecule has 4 unspecified atom stereocenters. The Bertz CT molecular complexity index is 3660. The number of non-ortho nitro benzene ring substituents is 2. The van der Waals surface area contributed by atoms with Crippen LogP contribution >= 0.6 is 11.6 Å². The number of halogens is 1. The fourth-order valence-corrected chi connectivity index (χ4v) is 13.1. The van der Waals surface area contributed by atoms with Gasteiger partial charge in [0.05, 0.1) is 52.3 Å². The zero-order valence-corrected chi connectivity index (χ0v) is 53.4. The number of carbonyl (C=O) groups excluding carboxylic acids is 4. The summed E-state index contributed by atoms with van der Waals surface area (Å²) >= 11 is 5.71. The smallest absolute Gasteiger partial charge is 0.337 e. The largest absolute Gasteiger partial charge is 0.466 e. The van der Waals surface area contributed by atoms with Crippen LogP contribution in [0, 0.1) is 20.2 Å². The second-order valence-electron chi connectivity index (χ2n) is 23.9. The number of aliphatic hydroxyl groups is 1. The lowest BCUT2D eigenvalue weighted by molar-refractivity contribution is -0.385. The minimum Gasteiger partial charge on any atom is -0.466 e. The summed E-state index contributed by atoms with van der Waals surface area (Å²) < 4.78 is 16.1. The number of nitro benzene ring substituents is 2. The number of hydrogen-bond donors (Lipinski definition) is 3. The lowest BCUT2D eigenvalue weighted by Crippen LogP contribution is -2.39. The summed E-state index contributed by atoms with van der Waals surface area (Å²) in [5.74, 6) is -2.91. The third-order valence-electron chi connectivity index (χ3n) is 17.3. The van der Waals surface area contributed by atoms with E-state index in [0.29, 0.717) is 52.8 Å². The zero-order chi connectivity index (χ0) is 65.6. The Morgan fingerprint density at radius 1 is 0.538 bits per heavy atom. The number of nitro groups is 2. The first-order valence-corrected chi connectivity index (χ1v) is 30.7. The van der Waals surface area contributed by atoms with Gasteiger partial charge in [0, 0.05) is 103 Å². The predicted molar refractivity (Wildman–Crippen MR) is 350 cm³/mol. The Labute approximate surface area is 536 Å². The first-order chi connectivity index (χ1) is 43.5. The number of nitrogens with one attached hydrogen (secondary N) is 2. The van der Waals surface area contributed by atoms with E-state index in [1.54, 1.807) is 45.9 Å². The number of benzene rings is 6. The monoisotopic (exact) mass is 1250 g/mol. The van der Waals surface area contributed by atoms with Gasteiger partial charge in [-0.15, -0.1) is 0 Å². The number of nitrogens with zero attached hydrogens (tertiary/aromatic N) is 4. The van der Waals surface area contributed by atoms with Gasteiger partial charge in [-0.2, -0.15) is 0 Å². The van der Waals surface area contributed by atoms with Gasteiger partial charge in [0.1, 0.15) is 5.60 Å². The molecule has 0 aromatic heterocycles. The highest BCUT2D eigenvalue weighted by atomic mass is 35.5. The molecule has 10 rings (SSSR count). The summed E-state index contributed by atoms with van der Waals surface area (Å²) in [5.41, 5.74) is 7.38. The molecule has 476 valence electrons. The molecule has 0 bridgehead atoms. The molecule has 4 aliphatic rings. The number of rotatable bonds is 19. The molecule has 6 aromatic carbocycles. The van der Waals surface area contributed by atoms with Gasteiger partial charge in [0.25, 0.3) is 16.6 Å². The van der Waals surface area contributed by atoms with Crippen LogP contribution in [0.15, 0.2) is 215 Å². The minimum atomic E-state index is -0.898. The van der Waals surface area contributed by atoms with Crippen molar-refractivity contribution in [2.24, 2.45) is 0 Å². The lowest BCUT2D eigenvalue weighted by atomic mass is 9.80. The van der Waals surface area contributed by atoms with Gasteiger partial charge in [0.2, 0.25) is 0 Å². The topological polar surface area (TPSA) is 233 Å². The molecule has 0 amide bonds. The fourth-order valence-electron chi connectivity index (χ4n) is 12.8. The van der Waals surface area contributed by atoms with Crippen molar-refractivity contribution in [1.29, 1.82) is 0 Å². The van der Waals surface area contributed by atoms with Crippen LogP contribution in [0.4, 0.5) is 11.4 Å². The normalized spacial score (nSPS) is 20.0. The number of allylic oxidation sites excluding steroid dienone is 5. The van der Waals surface area contributed by atoms with E-state index in [2.05, 4.69) is 130 Å². The maximum atomic E-state index is 14.0. The molecule has 0 spiro atoms. The molecule has 4 aliphatic heterocycles. The number of ether oxygens (including phenoxy) is 3. The number of dihydropyridines is 2. The maximum Gasteiger partial charge on any atom is 0.337 e. The van der Waals surface area contributed by atoms with Gasteiger partial charge in [-0.25, -0.2) is 14.4 Å². The van der Waals surface area contributed by atoms with Crippen LogP contribution in [-0.4, -0.2) is 113 Å². The van der Waals surface area contributed by atoms with Crippen molar-refractivity contribution in [2.75, 3.05) is 53.5 Å². The van der Waals surface area contributed by atoms with E-state index < -0.39 is 56.0 Å². The second kappa shape index (κ2) is 30.6. The van der Waals surface area contributed by atoms with E-state index >= 15 is 0 Å². The van der Waals surface area contributed by atoms with Crippen molar-refractivity contribution < 1.29 is 48.3 Å². The molecule has 91 heavy (non-hydrogen) atoms.